The Labute approximate surface area is 165 Å². The fourth-order valence-corrected chi connectivity index (χ4v) is 4.39. The van der Waals surface area contributed by atoms with Gasteiger partial charge in [0.05, 0.1) is 10.3 Å². The van der Waals surface area contributed by atoms with Gasteiger partial charge in [-0.3, -0.25) is 9.59 Å². The number of carbonyl (C=O) groups excluding carboxylic acids is 2. The summed E-state index contributed by atoms with van der Waals surface area (Å²) in [5, 5.41) is 8.85. The van der Waals surface area contributed by atoms with Gasteiger partial charge in [-0.15, -0.1) is 0 Å². The van der Waals surface area contributed by atoms with E-state index in [2.05, 4.69) is 16.0 Å². The highest BCUT2D eigenvalue weighted by Crippen LogP contribution is 2.28. The standard InChI is InChI=1S/C19H26N4O4S/c1-14-11-21-18(25)19(12-20-13-19)8-3-4-9-23(2)28(26,27)16-7-5-6-15(10-16)17(24)22-14/h3-7,10,14,20H,8-9,11-13H2,1-2H3,(H,21,25)(H,22,24)/b4-3+/t14-/m1/s1. The van der Waals surface area contributed by atoms with Gasteiger partial charge < -0.3 is 16.0 Å². The Morgan fingerprint density at radius 2 is 1.93 bits per heavy atom. The zero-order valence-electron chi connectivity index (χ0n) is 16.1. The molecule has 0 radical (unpaired) electrons. The minimum absolute atomic E-state index is 0.0629. The van der Waals surface area contributed by atoms with Crippen molar-refractivity contribution in [2.45, 2.75) is 24.3 Å². The van der Waals surface area contributed by atoms with E-state index in [0.29, 0.717) is 26.1 Å². The first-order valence-electron chi connectivity index (χ1n) is 9.26. The number of likely N-dealkylation sites (N-methyl/N-ethyl adjacent to an activating group) is 1. The third-order valence-corrected chi connectivity index (χ3v) is 7.02. The summed E-state index contributed by atoms with van der Waals surface area (Å²) in [6.45, 7) is 3.42. The number of fused-ring (bicyclic) bond motifs is 2. The van der Waals surface area contributed by atoms with Crippen LogP contribution in [-0.4, -0.2) is 63.8 Å². The van der Waals surface area contributed by atoms with E-state index in [1.165, 1.54) is 23.5 Å². The van der Waals surface area contributed by atoms with Crippen molar-refractivity contribution in [1.82, 2.24) is 20.3 Å². The molecule has 1 aromatic rings. The topological polar surface area (TPSA) is 108 Å². The zero-order chi connectivity index (χ0) is 20.4. The molecule has 8 nitrogen and oxygen atoms in total. The smallest absolute Gasteiger partial charge is 0.251 e. The van der Waals surface area contributed by atoms with Crippen LogP contribution < -0.4 is 16.0 Å². The van der Waals surface area contributed by atoms with Gasteiger partial charge >= 0.3 is 0 Å². The first-order valence-corrected chi connectivity index (χ1v) is 10.7. The van der Waals surface area contributed by atoms with Gasteiger partial charge in [-0.1, -0.05) is 18.2 Å². The monoisotopic (exact) mass is 406 g/mol. The van der Waals surface area contributed by atoms with Crippen molar-refractivity contribution < 1.29 is 18.0 Å². The first-order chi connectivity index (χ1) is 13.2. The van der Waals surface area contributed by atoms with Crippen LogP contribution in [0, 0.1) is 5.41 Å². The molecule has 1 spiro atoms. The van der Waals surface area contributed by atoms with Crippen LogP contribution in [-0.2, 0) is 14.8 Å². The predicted octanol–water partition coefficient (Wildman–Crippen LogP) is 0.0911. The largest absolute Gasteiger partial charge is 0.353 e. The molecular formula is C19H26N4O4S. The summed E-state index contributed by atoms with van der Waals surface area (Å²) in [4.78, 5) is 25.2. The number of nitrogens with zero attached hydrogens (tertiary/aromatic N) is 1. The van der Waals surface area contributed by atoms with Crippen LogP contribution in [0.2, 0.25) is 0 Å². The van der Waals surface area contributed by atoms with Crippen LogP contribution in [0.4, 0.5) is 0 Å². The van der Waals surface area contributed by atoms with Crippen LogP contribution in [0.5, 0.6) is 0 Å². The Morgan fingerprint density at radius 1 is 1.18 bits per heavy atom. The van der Waals surface area contributed by atoms with Crippen LogP contribution in [0.3, 0.4) is 0 Å². The second-order valence-electron chi connectivity index (χ2n) is 7.46. The summed E-state index contributed by atoms with van der Waals surface area (Å²) >= 11 is 0. The van der Waals surface area contributed by atoms with E-state index in [1.54, 1.807) is 25.1 Å². The number of hydrogen-bond acceptors (Lipinski definition) is 5. The number of hydrogen-bond donors (Lipinski definition) is 3. The van der Waals surface area contributed by atoms with Gasteiger partial charge in [-0.25, -0.2) is 8.42 Å². The van der Waals surface area contributed by atoms with Crippen molar-refractivity contribution in [3.05, 3.63) is 42.0 Å². The molecule has 1 atom stereocenters. The molecule has 2 heterocycles. The van der Waals surface area contributed by atoms with Gasteiger partial charge in [0.1, 0.15) is 0 Å². The summed E-state index contributed by atoms with van der Waals surface area (Å²) in [6.07, 6.45) is 4.14. The van der Waals surface area contributed by atoms with E-state index >= 15 is 0 Å². The van der Waals surface area contributed by atoms with Gasteiger partial charge in [-0.2, -0.15) is 4.31 Å². The normalized spacial score (nSPS) is 26.7. The third kappa shape index (κ3) is 4.11. The molecule has 1 aromatic carbocycles. The molecule has 3 rings (SSSR count). The Bertz CT molecular complexity index is 893. The maximum Gasteiger partial charge on any atom is 0.251 e. The highest BCUT2D eigenvalue weighted by Gasteiger charge is 2.43. The number of benzene rings is 1. The quantitative estimate of drug-likeness (QED) is 0.530. The minimum atomic E-state index is -3.72. The summed E-state index contributed by atoms with van der Waals surface area (Å²) in [6, 6.07) is 5.67. The lowest BCUT2D eigenvalue weighted by atomic mass is 9.77. The Kier molecular flexibility index (Phi) is 5.87. The molecule has 1 fully saturated rings. The SMILES string of the molecule is C[C@@H]1CNC(=O)C2(C/C=C/CN(C)S(=O)(=O)c3cccc(c3)C(=O)N1)CNC2. The van der Waals surface area contributed by atoms with Gasteiger partial charge in [0.25, 0.3) is 5.91 Å². The molecule has 152 valence electrons. The van der Waals surface area contributed by atoms with Crippen LogP contribution in [0.25, 0.3) is 0 Å². The molecule has 2 aliphatic heterocycles. The average Bonchev–Trinajstić information content (AvgIpc) is 2.64. The van der Waals surface area contributed by atoms with Crippen LogP contribution in [0.1, 0.15) is 23.7 Å². The fourth-order valence-electron chi connectivity index (χ4n) is 3.22. The molecule has 0 aromatic heterocycles. The van der Waals surface area contributed by atoms with E-state index in [-0.39, 0.29) is 34.9 Å². The van der Waals surface area contributed by atoms with Gasteiger partial charge in [-0.05, 0) is 31.5 Å². The molecule has 2 amide bonds. The summed E-state index contributed by atoms with van der Waals surface area (Å²) in [5.41, 5.74) is -0.270. The van der Waals surface area contributed by atoms with Gasteiger partial charge in [0.15, 0.2) is 0 Å². The summed E-state index contributed by atoms with van der Waals surface area (Å²) in [7, 11) is -2.23. The lowest BCUT2D eigenvalue weighted by molar-refractivity contribution is -0.133. The maximum absolute atomic E-state index is 12.8. The van der Waals surface area contributed by atoms with E-state index in [1.807, 2.05) is 6.08 Å². The Hall–Kier alpha value is -2.23. The van der Waals surface area contributed by atoms with Crippen molar-refractivity contribution in [1.29, 1.82) is 0 Å². The first kappa shape index (κ1) is 20.5. The highest BCUT2D eigenvalue weighted by molar-refractivity contribution is 7.89. The van der Waals surface area contributed by atoms with Gasteiger partial charge in [0.2, 0.25) is 15.9 Å². The van der Waals surface area contributed by atoms with Crippen molar-refractivity contribution >= 4 is 21.8 Å². The van der Waals surface area contributed by atoms with E-state index in [4.69, 9.17) is 0 Å². The summed E-state index contributed by atoms with van der Waals surface area (Å²) < 4.78 is 26.8. The molecule has 3 N–H and O–H groups in total. The lowest BCUT2D eigenvalue weighted by Gasteiger charge is -2.40. The van der Waals surface area contributed by atoms with Crippen molar-refractivity contribution in [3.8, 4) is 0 Å². The number of sulfonamides is 1. The van der Waals surface area contributed by atoms with E-state index < -0.39 is 15.4 Å². The second kappa shape index (κ2) is 8.02. The molecular weight excluding hydrogens is 380 g/mol. The fraction of sp³-hybridized carbons (Fsp3) is 0.474. The third-order valence-electron chi connectivity index (χ3n) is 5.20. The van der Waals surface area contributed by atoms with E-state index in [0.717, 1.165) is 0 Å². The predicted molar refractivity (Wildman–Crippen MR) is 105 cm³/mol. The van der Waals surface area contributed by atoms with Crippen molar-refractivity contribution in [3.63, 3.8) is 0 Å². The lowest BCUT2D eigenvalue weighted by Crippen LogP contribution is -2.62. The number of nitrogens with one attached hydrogen (secondary N) is 3. The number of rotatable bonds is 0. The van der Waals surface area contributed by atoms with Crippen LogP contribution in [0.15, 0.2) is 41.3 Å². The molecule has 9 heteroatoms. The zero-order valence-corrected chi connectivity index (χ0v) is 16.9. The minimum Gasteiger partial charge on any atom is -0.353 e. The molecule has 28 heavy (non-hydrogen) atoms. The second-order valence-corrected chi connectivity index (χ2v) is 9.50. The molecule has 2 bridgehead atoms. The Morgan fingerprint density at radius 3 is 2.61 bits per heavy atom. The van der Waals surface area contributed by atoms with E-state index in [9.17, 15) is 18.0 Å². The van der Waals surface area contributed by atoms with Crippen molar-refractivity contribution in [2.75, 3.05) is 33.2 Å². The number of carbonyl (C=O) groups is 2. The Balaban J connectivity index is 1.90. The van der Waals surface area contributed by atoms with Gasteiger partial charge in [0, 0.05) is 44.8 Å². The molecule has 0 saturated carbocycles. The molecule has 0 unspecified atom stereocenters. The van der Waals surface area contributed by atoms with Crippen LogP contribution >= 0.6 is 0 Å². The molecule has 0 aliphatic carbocycles. The van der Waals surface area contributed by atoms with Crippen molar-refractivity contribution in [2.24, 2.45) is 5.41 Å². The molecule has 2 aliphatic rings. The average molecular weight is 407 g/mol. The highest BCUT2D eigenvalue weighted by atomic mass is 32.2. The molecule has 1 saturated heterocycles. The maximum atomic E-state index is 12.8. The summed E-state index contributed by atoms with van der Waals surface area (Å²) in [5.74, 6) is -0.444. The number of amides is 2. The number of allylic oxidation sites excluding steroid dienone is 1.